The number of rotatable bonds is 4. The van der Waals surface area contributed by atoms with E-state index in [1.807, 2.05) is 0 Å². The number of benzene rings is 1. The van der Waals surface area contributed by atoms with Gasteiger partial charge in [0.2, 0.25) is 10.0 Å². The van der Waals surface area contributed by atoms with Crippen molar-refractivity contribution in [1.82, 2.24) is 8.75 Å². The highest BCUT2D eigenvalue weighted by Crippen LogP contribution is 2.30. The lowest BCUT2D eigenvalue weighted by molar-refractivity contribution is -0.134. The van der Waals surface area contributed by atoms with E-state index >= 15 is 0 Å². The van der Waals surface area contributed by atoms with Gasteiger partial charge in [-0.05, 0) is 12.1 Å². The summed E-state index contributed by atoms with van der Waals surface area (Å²) < 4.78 is 33.0. The van der Waals surface area contributed by atoms with Gasteiger partial charge in [-0.3, -0.25) is 9.52 Å². The maximum atomic E-state index is 11.5. The molecule has 0 radical (unpaired) electrons. The average molecular weight is 308 g/mol. The Balaban J connectivity index is 2.45. The molecule has 0 fully saturated rings. The summed E-state index contributed by atoms with van der Waals surface area (Å²) in [5.41, 5.74) is 0.822. The molecule has 2 rings (SSSR count). The van der Waals surface area contributed by atoms with Gasteiger partial charge >= 0.3 is 5.97 Å². The number of nitrogens with one attached hydrogen (secondary N) is 1. The van der Waals surface area contributed by atoms with Crippen LogP contribution in [0, 0.1) is 0 Å². The van der Waals surface area contributed by atoms with Gasteiger partial charge in [-0.2, -0.15) is 8.75 Å². The lowest BCUT2D eigenvalue weighted by Gasteiger charge is -2.07. The second-order valence-electron chi connectivity index (χ2n) is 3.31. The van der Waals surface area contributed by atoms with E-state index in [9.17, 15) is 13.2 Å². The normalized spacial score (nSPS) is 11.6. The molecule has 2 N–H and O–H groups in total. The van der Waals surface area contributed by atoms with Crippen molar-refractivity contribution >= 4 is 56.0 Å². The van der Waals surface area contributed by atoms with Crippen LogP contribution in [-0.4, -0.2) is 34.0 Å². The Morgan fingerprint density at radius 2 is 2.17 bits per heavy atom. The van der Waals surface area contributed by atoms with Gasteiger partial charge in [0, 0.05) is 0 Å². The first-order valence-electron chi connectivity index (χ1n) is 4.52. The van der Waals surface area contributed by atoms with Gasteiger partial charge in [0.05, 0.1) is 22.4 Å². The molecule has 0 spiro atoms. The number of hydrogen-bond donors (Lipinski definition) is 2. The lowest BCUT2D eigenvalue weighted by atomic mass is 10.3. The summed E-state index contributed by atoms with van der Waals surface area (Å²) >= 11 is 6.77. The zero-order chi connectivity index (χ0) is 13.3. The van der Waals surface area contributed by atoms with E-state index in [0.29, 0.717) is 11.0 Å². The molecule has 0 unspecified atom stereocenters. The van der Waals surface area contributed by atoms with Crippen molar-refractivity contribution in [3.05, 3.63) is 17.2 Å². The van der Waals surface area contributed by atoms with Crippen LogP contribution in [0.2, 0.25) is 5.02 Å². The van der Waals surface area contributed by atoms with Crippen LogP contribution in [0.15, 0.2) is 12.1 Å². The van der Waals surface area contributed by atoms with Crippen molar-refractivity contribution in [1.29, 1.82) is 0 Å². The third-order valence-corrected chi connectivity index (χ3v) is 3.95. The minimum absolute atomic E-state index is 0.0455. The Morgan fingerprint density at radius 3 is 2.83 bits per heavy atom. The van der Waals surface area contributed by atoms with E-state index in [1.54, 1.807) is 6.07 Å². The molecule has 0 aliphatic heterocycles. The van der Waals surface area contributed by atoms with Crippen LogP contribution in [0.4, 0.5) is 5.69 Å². The molecule has 0 aliphatic rings. The van der Waals surface area contributed by atoms with Gasteiger partial charge < -0.3 is 5.11 Å². The standard InChI is InChI=1S/C8H6ClN3O4S2/c9-4-1-2-5-8(11-17-10-5)7(4)12-18(15,16)3-6(13)14/h1-2,12H,3H2,(H,13,14). The summed E-state index contributed by atoms with van der Waals surface area (Å²) in [6.45, 7) is 0. The molecule has 18 heavy (non-hydrogen) atoms. The molecule has 1 heterocycles. The molecule has 7 nitrogen and oxygen atoms in total. The van der Waals surface area contributed by atoms with E-state index in [0.717, 1.165) is 11.7 Å². The number of sulfonamides is 1. The Morgan fingerprint density at radius 1 is 1.44 bits per heavy atom. The van der Waals surface area contributed by atoms with Crippen LogP contribution < -0.4 is 4.72 Å². The molecule has 0 aliphatic carbocycles. The Labute approximate surface area is 111 Å². The average Bonchev–Trinajstić information content (AvgIpc) is 2.68. The molecule has 0 amide bonds. The van der Waals surface area contributed by atoms with Crippen molar-refractivity contribution in [2.24, 2.45) is 0 Å². The van der Waals surface area contributed by atoms with Gasteiger partial charge in [0.15, 0.2) is 5.75 Å². The zero-order valence-electron chi connectivity index (χ0n) is 8.62. The van der Waals surface area contributed by atoms with E-state index in [4.69, 9.17) is 16.7 Å². The topological polar surface area (TPSA) is 109 Å². The fraction of sp³-hybridized carbons (Fsp3) is 0.125. The van der Waals surface area contributed by atoms with Crippen LogP contribution in [0.5, 0.6) is 0 Å². The molecule has 10 heteroatoms. The van der Waals surface area contributed by atoms with E-state index in [2.05, 4.69) is 13.5 Å². The van der Waals surface area contributed by atoms with Gasteiger partial charge in [0.1, 0.15) is 11.0 Å². The number of carboxylic acids is 1. The van der Waals surface area contributed by atoms with E-state index in [-0.39, 0.29) is 10.7 Å². The molecule has 0 saturated carbocycles. The second kappa shape index (κ2) is 4.67. The summed E-state index contributed by atoms with van der Waals surface area (Å²) in [4.78, 5) is 10.4. The minimum atomic E-state index is -4.02. The second-order valence-corrected chi connectivity index (χ2v) is 5.97. The smallest absolute Gasteiger partial charge is 0.320 e. The minimum Gasteiger partial charge on any atom is -0.480 e. The third-order valence-electron chi connectivity index (χ3n) is 1.95. The van der Waals surface area contributed by atoms with Crippen molar-refractivity contribution in [3.63, 3.8) is 0 Å². The maximum Gasteiger partial charge on any atom is 0.320 e. The molecule has 0 bridgehead atoms. The van der Waals surface area contributed by atoms with E-state index in [1.165, 1.54) is 6.07 Å². The quantitative estimate of drug-likeness (QED) is 0.877. The predicted molar refractivity (Wildman–Crippen MR) is 67.5 cm³/mol. The molecule has 0 saturated heterocycles. The Kier molecular flexibility index (Phi) is 3.37. The van der Waals surface area contributed by atoms with Gasteiger partial charge in [-0.1, -0.05) is 11.6 Å². The number of anilines is 1. The number of nitrogens with zero attached hydrogens (tertiary/aromatic N) is 2. The van der Waals surface area contributed by atoms with Crippen LogP contribution in [0.25, 0.3) is 11.0 Å². The first-order chi connectivity index (χ1) is 8.39. The predicted octanol–water partition coefficient (Wildman–Crippen LogP) is 1.17. The molecular formula is C8H6ClN3O4S2. The van der Waals surface area contributed by atoms with Crippen molar-refractivity contribution in [3.8, 4) is 0 Å². The number of hydrogen-bond acceptors (Lipinski definition) is 6. The molecule has 1 aromatic carbocycles. The third kappa shape index (κ3) is 2.68. The van der Waals surface area contributed by atoms with Gasteiger partial charge in [0.25, 0.3) is 0 Å². The monoisotopic (exact) mass is 307 g/mol. The zero-order valence-corrected chi connectivity index (χ0v) is 11.0. The van der Waals surface area contributed by atoms with Crippen LogP contribution in [0.1, 0.15) is 0 Å². The number of halogens is 1. The summed E-state index contributed by atoms with van der Waals surface area (Å²) in [5, 5.41) is 8.62. The lowest BCUT2D eigenvalue weighted by Crippen LogP contribution is -2.22. The number of carboxylic acid groups (broad SMARTS) is 1. The Hall–Kier alpha value is -1.45. The number of fused-ring (bicyclic) bond motifs is 1. The number of carbonyl (C=O) groups is 1. The Bertz CT molecular complexity index is 712. The van der Waals surface area contributed by atoms with Crippen molar-refractivity contribution < 1.29 is 18.3 Å². The molecule has 1 aromatic heterocycles. The number of aromatic nitrogens is 2. The summed E-state index contributed by atoms with van der Waals surface area (Å²) in [7, 11) is -4.02. The van der Waals surface area contributed by atoms with E-state index < -0.39 is 21.7 Å². The molecule has 2 aromatic rings. The first kappa shape index (κ1) is 13.0. The highest BCUT2D eigenvalue weighted by Gasteiger charge is 2.19. The summed E-state index contributed by atoms with van der Waals surface area (Å²) in [6.07, 6.45) is 0. The SMILES string of the molecule is O=C(O)CS(=O)(=O)Nc1c(Cl)ccc2nsnc12. The molecular weight excluding hydrogens is 302 g/mol. The highest BCUT2D eigenvalue weighted by molar-refractivity contribution is 7.93. The van der Waals surface area contributed by atoms with Crippen molar-refractivity contribution in [2.45, 2.75) is 0 Å². The summed E-state index contributed by atoms with van der Waals surface area (Å²) in [5.74, 6) is -2.50. The molecule has 0 atom stereocenters. The fourth-order valence-corrected chi connectivity index (χ4v) is 2.99. The maximum absolute atomic E-state index is 11.5. The van der Waals surface area contributed by atoms with Gasteiger partial charge in [-0.15, -0.1) is 0 Å². The number of aliphatic carboxylic acids is 1. The van der Waals surface area contributed by atoms with Gasteiger partial charge in [-0.25, -0.2) is 8.42 Å². The largest absolute Gasteiger partial charge is 0.480 e. The fourth-order valence-electron chi connectivity index (χ4n) is 1.28. The van der Waals surface area contributed by atoms with Crippen molar-refractivity contribution in [2.75, 3.05) is 10.5 Å². The van der Waals surface area contributed by atoms with Crippen LogP contribution in [0.3, 0.4) is 0 Å². The first-order valence-corrected chi connectivity index (χ1v) is 7.28. The highest BCUT2D eigenvalue weighted by atomic mass is 35.5. The summed E-state index contributed by atoms with van der Waals surface area (Å²) in [6, 6.07) is 3.06. The van der Waals surface area contributed by atoms with Crippen LogP contribution in [-0.2, 0) is 14.8 Å². The molecule has 96 valence electrons. The van der Waals surface area contributed by atoms with Crippen LogP contribution >= 0.6 is 23.3 Å².